The van der Waals surface area contributed by atoms with E-state index >= 15 is 0 Å². The molecule has 0 spiro atoms. The minimum Gasteiger partial charge on any atom is -0.378 e. The van der Waals surface area contributed by atoms with Gasteiger partial charge in [0.05, 0.1) is 83.8 Å². The highest BCUT2D eigenvalue weighted by Crippen LogP contribution is 2.40. The first-order valence-electron chi connectivity index (χ1n) is 48.2. The molecule has 10 N–H and O–H groups in total. The van der Waals surface area contributed by atoms with Gasteiger partial charge in [-0.15, -0.1) is 0 Å². The molecule has 15 aromatic rings. The van der Waals surface area contributed by atoms with Gasteiger partial charge in [0.2, 0.25) is 0 Å². The summed E-state index contributed by atoms with van der Waals surface area (Å²) in [6.07, 6.45) is 8.75. The van der Waals surface area contributed by atoms with E-state index in [-0.39, 0.29) is 60.7 Å². The predicted octanol–water partition coefficient (Wildman–Crippen LogP) is 15.0. The zero-order valence-electron chi connectivity index (χ0n) is 82.1. The Bertz CT molecular complexity index is 7270. The largest absolute Gasteiger partial charge is 0.415 e. The van der Waals surface area contributed by atoms with E-state index in [1.165, 1.54) is 5.56 Å². The quantitative estimate of drug-likeness (QED) is 0.0393. The number of primary amides is 5. The van der Waals surface area contributed by atoms with Gasteiger partial charge < -0.3 is 38.1 Å². The van der Waals surface area contributed by atoms with Gasteiger partial charge >= 0.3 is 12.4 Å². The Labute approximate surface area is 835 Å². The average Bonchev–Trinajstić information content (AvgIpc) is 0.976. The number of nitrogens with zero attached hydrogens (tertiary/aromatic N) is 20. The zero-order chi connectivity index (χ0) is 104. The fraction of sp³-hybridized carbons (Fsp3) is 0.381. The maximum Gasteiger partial charge on any atom is 0.415 e. The van der Waals surface area contributed by atoms with Gasteiger partial charge in [-0.2, -0.15) is 51.8 Å². The molecule has 146 heavy (non-hydrogen) atoms. The third kappa shape index (κ3) is 26.1. The van der Waals surface area contributed by atoms with Gasteiger partial charge in [0.25, 0.3) is 35.5 Å². The van der Waals surface area contributed by atoms with Gasteiger partial charge in [-0.3, -0.25) is 71.9 Å². The number of aryl methyl sites for hydroxylation is 5. The molecule has 0 bridgehead atoms. The molecular formula is C105H116F9N25O7. The molecule has 15 heterocycles. The van der Waals surface area contributed by atoms with E-state index < -0.39 is 72.1 Å². The molecule has 5 saturated heterocycles. The van der Waals surface area contributed by atoms with Crippen molar-refractivity contribution in [2.45, 2.75) is 141 Å². The number of carbonyl (C=O) groups excluding carboxylic acids is 5. The number of likely N-dealkylation sites (tertiary alicyclic amines) is 3. The summed E-state index contributed by atoms with van der Waals surface area (Å²) in [6, 6.07) is 38.3. The Morgan fingerprint density at radius 3 is 0.973 bits per heavy atom. The summed E-state index contributed by atoms with van der Waals surface area (Å²) in [5, 5.41) is 25.5. The zero-order valence-corrected chi connectivity index (χ0v) is 82.1. The van der Waals surface area contributed by atoms with Gasteiger partial charge in [0.15, 0.2) is 6.10 Å². The number of hydrogen-bond acceptors (Lipinski definition) is 22. The summed E-state index contributed by atoms with van der Waals surface area (Å²) in [5.41, 5.74) is 45.2. The van der Waals surface area contributed by atoms with Gasteiger partial charge in [0.1, 0.15) is 34.6 Å². The molecule has 5 amide bonds. The predicted molar refractivity (Wildman–Crippen MR) is 535 cm³/mol. The number of benzene rings is 5. The van der Waals surface area contributed by atoms with Crippen molar-refractivity contribution in [3.8, 4) is 55.6 Å². The summed E-state index contributed by atoms with van der Waals surface area (Å²) in [5.74, 6) is -6.12. The SMILES string of the molecule is CC(C)CC1COCCN1Cc1ccc2c(-c3cnn(C)c3)cc(C(N)=O)nc2c1.C[C@H]1CN(Cc2ccc3c(-c4cnn(C)c4)cc(C(N)=O)nc3c2)C[C@@H](C(F)(F)F)O1.Cn1cc(-c2cc(C(N)=O)nc3cc(CN4CCC(C(F)(F)F)CC4)ccc23)cn1.Cn1cc(-c2cc(C(N)=O)nc3cc(CN4CCC(F)(F)CC4)ccc23)cn1.Cn1cc(-c2cc(C(N)=O)nc3cc(CN4CCC(F)CC4)ccc23)cn1. The van der Waals surface area contributed by atoms with Crippen molar-refractivity contribution in [3.05, 3.63) is 240 Å². The van der Waals surface area contributed by atoms with Crippen molar-refractivity contribution in [3.63, 3.8) is 0 Å². The summed E-state index contributed by atoms with van der Waals surface area (Å²) in [6.45, 7) is 14.8. The number of fused-ring (bicyclic) bond motifs is 5. The van der Waals surface area contributed by atoms with Gasteiger partial charge in [0, 0.05) is 218 Å². The average molecular weight is 2010 g/mol. The highest BCUT2D eigenvalue weighted by Gasteiger charge is 2.46. The first-order chi connectivity index (χ1) is 69.5. The normalized spacial score (nSPS) is 17.5. The number of morpholine rings is 2. The molecule has 0 aliphatic carbocycles. The second kappa shape index (κ2) is 44.7. The van der Waals surface area contributed by atoms with E-state index in [1.54, 1.807) is 110 Å². The lowest BCUT2D eigenvalue weighted by atomic mass is 9.95. The number of carbonyl (C=O) groups is 5. The van der Waals surface area contributed by atoms with E-state index in [0.29, 0.717) is 93.7 Å². The van der Waals surface area contributed by atoms with Crippen molar-refractivity contribution in [2.24, 2.45) is 75.7 Å². The van der Waals surface area contributed by atoms with E-state index in [9.17, 15) is 63.5 Å². The van der Waals surface area contributed by atoms with Crippen molar-refractivity contribution in [1.82, 2.24) is 98.3 Å². The van der Waals surface area contributed by atoms with Crippen LogP contribution in [0.4, 0.5) is 39.5 Å². The number of nitrogens with two attached hydrogens (primary N) is 5. The first-order valence-corrected chi connectivity index (χ1v) is 48.2. The van der Waals surface area contributed by atoms with Crippen LogP contribution in [0.5, 0.6) is 0 Å². The van der Waals surface area contributed by atoms with Crippen LogP contribution in [0.25, 0.3) is 110 Å². The Morgan fingerprint density at radius 1 is 0.397 bits per heavy atom. The molecule has 5 aliphatic heterocycles. The molecule has 766 valence electrons. The van der Waals surface area contributed by atoms with Crippen LogP contribution in [0, 0.1) is 11.8 Å². The molecule has 5 aromatic carbocycles. The van der Waals surface area contributed by atoms with Crippen LogP contribution in [-0.2, 0) is 77.4 Å². The molecular weight excluding hydrogens is 1890 g/mol. The summed E-state index contributed by atoms with van der Waals surface area (Å²) >= 11 is 0. The highest BCUT2D eigenvalue weighted by atomic mass is 19.4. The third-order valence-electron chi connectivity index (χ3n) is 26.7. The fourth-order valence-electron chi connectivity index (χ4n) is 19.3. The highest BCUT2D eigenvalue weighted by molar-refractivity contribution is 6.05. The molecule has 0 radical (unpaired) electrons. The van der Waals surface area contributed by atoms with Crippen molar-refractivity contribution in [1.29, 1.82) is 0 Å². The van der Waals surface area contributed by atoms with Crippen LogP contribution in [0.2, 0.25) is 0 Å². The van der Waals surface area contributed by atoms with Gasteiger partial charge in [-0.25, -0.2) is 38.1 Å². The van der Waals surface area contributed by atoms with E-state index in [4.69, 9.17) is 38.1 Å². The lowest BCUT2D eigenvalue weighted by Crippen LogP contribution is -2.51. The monoisotopic (exact) mass is 2010 g/mol. The number of aromatic nitrogens is 15. The summed E-state index contributed by atoms with van der Waals surface area (Å²) in [4.78, 5) is 91.7. The van der Waals surface area contributed by atoms with Crippen molar-refractivity contribution < 1.29 is 73.0 Å². The molecule has 20 rings (SSSR count). The number of ether oxygens (including phenoxy) is 2. The molecule has 5 fully saturated rings. The lowest BCUT2D eigenvalue weighted by molar-refractivity contribution is -0.252. The van der Waals surface area contributed by atoms with Crippen LogP contribution < -0.4 is 28.7 Å². The minimum atomic E-state index is -4.41. The summed E-state index contributed by atoms with van der Waals surface area (Å²) < 4.78 is 137. The Balaban J connectivity index is 0.000000131. The topological polar surface area (TPSA) is 404 Å². The lowest BCUT2D eigenvalue weighted by Gasteiger charge is -2.37. The minimum absolute atomic E-state index is 0.112. The maximum atomic E-state index is 13.4. The van der Waals surface area contributed by atoms with E-state index in [1.807, 2.05) is 130 Å². The van der Waals surface area contributed by atoms with Crippen LogP contribution in [0.15, 0.2) is 183 Å². The Hall–Kier alpha value is -14.4. The summed E-state index contributed by atoms with van der Waals surface area (Å²) in [7, 11) is 9.14. The molecule has 1 unspecified atom stereocenters. The molecule has 3 atom stereocenters. The molecule has 0 saturated carbocycles. The first kappa shape index (κ1) is 104. The van der Waals surface area contributed by atoms with E-state index in [0.717, 1.165) is 168 Å². The molecule has 41 heteroatoms. The number of amides is 5. The number of halogens is 9. The van der Waals surface area contributed by atoms with Crippen LogP contribution >= 0.6 is 0 Å². The number of hydrogen-bond donors (Lipinski definition) is 5. The molecule has 32 nitrogen and oxygen atoms in total. The second-order valence-electron chi connectivity index (χ2n) is 38.5. The van der Waals surface area contributed by atoms with Crippen molar-refractivity contribution >= 4 is 84.1 Å². The Morgan fingerprint density at radius 2 is 0.692 bits per heavy atom. The number of rotatable bonds is 22. The smallest absolute Gasteiger partial charge is 0.378 e. The van der Waals surface area contributed by atoms with E-state index in [2.05, 4.69) is 98.3 Å². The molecule has 5 aliphatic rings. The van der Waals surface area contributed by atoms with Gasteiger partial charge in [-0.1, -0.05) is 74.5 Å². The molecule has 10 aromatic heterocycles. The number of alkyl halides is 9. The standard InChI is InChI=1S/C23H29N5O2.C21H22F3N5O2.C21H22F3N5O.C20H21F2N5O.C20H22FN5O/c1-15(2)8-18-14-30-7-6-28(18)12-16-4-5-19-20(17-11-25-27(3)13-17)10-22(23(24)29)26-21(19)9-16;1-12-8-29(11-19(31-12)21(22,23)24)9-13-3-4-15-16(14-7-26-28(2)10-14)6-18(20(25)30)27-17(15)5-13;1-28-12-14(10-26-28)17-9-19(20(25)30)27-18-8-13(2-3-16(17)18)11-29-6-4-15(5-7-29)21(22,23)24;1-26-12-14(10-24-26)16-9-18(19(23)28)25-17-8-13(2-3-15(16)17)11-27-6-4-20(21,22)5-7-27;1-25-12-14(10-23-25)17-9-19(20(22)27)24-18-8-13(2-3-16(17)18)11-26-6-4-15(21)5-7-26/h4-5,9-11,13,15,18H,6-8,12,14H2,1-3H3,(H2,24,29);3-7,10,12,19H,8-9,11H2,1-2H3,(H2,25,30);2-3,8-10,12,15H,4-7,11H2,1H3,(H2,25,30);2-3,8-10,12H,4-7,11H2,1H3,(H2,23,28);2-3,8-10,12,15H,4-7,11H2,1H3,(H2,22,27)/t;12-,19-;;;/m.0.../s1. The maximum absolute atomic E-state index is 13.4. The fourth-order valence-corrected chi connectivity index (χ4v) is 19.3. The van der Waals surface area contributed by atoms with Crippen LogP contribution in [0.3, 0.4) is 0 Å². The van der Waals surface area contributed by atoms with Gasteiger partial charge in [-0.05, 0) is 174 Å². The van der Waals surface area contributed by atoms with Crippen LogP contribution in [0.1, 0.15) is 146 Å². The van der Waals surface area contributed by atoms with Crippen LogP contribution in [-0.4, -0.2) is 243 Å². The number of pyridine rings is 5. The second-order valence-corrected chi connectivity index (χ2v) is 38.5. The Kier molecular flexibility index (Phi) is 32.0. The number of piperidine rings is 3. The third-order valence-corrected chi connectivity index (χ3v) is 26.7. The van der Waals surface area contributed by atoms with Crippen molar-refractivity contribution in [2.75, 3.05) is 72.1 Å².